The minimum atomic E-state index is -0.635. The van der Waals surface area contributed by atoms with Crippen LogP contribution in [0.1, 0.15) is 54.1 Å². The van der Waals surface area contributed by atoms with Gasteiger partial charge < -0.3 is 9.15 Å². The summed E-state index contributed by atoms with van der Waals surface area (Å²) >= 11 is 0. The molecule has 0 amide bonds. The Morgan fingerprint density at radius 2 is 1.78 bits per heavy atom. The molecule has 0 bridgehead atoms. The Balaban J connectivity index is 1.80. The summed E-state index contributed by atoms with van der Waals surface area (Å²) in [7, 11) is 1.55. The Morgan fingerprint density at radius 1 is 1.00 bits per heavy atom. The molecule has 2 aromatic carbocycles. The van der Waals surface area contributed by atoms with Crippen molar-refractivity contribution in [3.63, 3.8) is 0 Å². The summed E-state index contributed by atoms with van der Waals surface area (Å²) in [5.74, 6) is 0.276. The average molecular weight is 364 g/mol. The smallest absolute Gasteiger partial charge is 0.347 e. The number of rotatable bonds is 8. The third-order valence-corrected chi connectivity index (χ3v) is 4.72. The molecule has 0 aliphatic carbocycles. The number of hydrogen-bond donors (Lipinski definition) is 0. The largest absolute Gasteiger partial charge is 0.497 e. The highest BCUT2D eigenvalue weighted by atomic mass is 16.5. The van der Waals surface area contributed by atoms with Gasteiger partial charge in [0.15, 0.2) is 5.78 Å². The van der Waals surface area contributed by atoms with Crippen LogP contribution >= 0.6 is 0 Å². The molecule has 0 aliphatic rings. The molecule has 4 nitrogen and oxygen atoms in total. The van der Waals surface area contributed by atoms with E-state index in [-0.39, 0.29) is 11.3 Å². The van der Waals surface area contributed by atoms with Gasteiger partial charge in [-0.3, -0.25) is 4.79 Å². The minimum Gasteiger partial charge on any atom is -0.497 e. The summed E-state index contributed by atoms with van der Waals surface area (Å²) in [6.45, 7) is 2.19. The van der Waals surface area contributed by atoms with Crippen molar-refractivity contribution >= 4 is 16.8 Å². The molecule has 0 N–H and O–H groups in total. The van der Waals surface area contributed by atoms with Crippen molar-refractivity contribution in [2.75, 3.05) is 7.11 Å². The van der Waals surface area contributed by atoms with E-state index in [0.717, 1.165) is 12.8 Å². The molecule has 1 aromatic heterocycles. The zero-order valence-corrected chi connectivity index (χ0v) is 15.8. The highest BCUT2D eigenvalue weighted by Gasteiger charge is 2.16. The molecule has 140 valence electrons. The van der Waals surface area contributed by atoms with Crippen LogP contribution in [0.15, 0.2) is 57.7 Å². The Bertz CT molecular complexity index is 983. The van der Waals surface area contributed by atoms with Gasteiger partial charge in [0.1, 0.15) is 16.9 Å². The molecule has 0 unspecified atom stereocenters. The first-order valence-corrected chi connectivity index (χ1v) is 9.38. The SMILES string of the molecule is CCCCCCc1ccc(C(=O)c2cc3ccc(OC)cc3oc2=O)cc1. The number of carbonyl (C=O) groups excluding carboxylic acids is 1. The van der Waals surface area contributed by atoms with Crippen LogP contribution in [0.5, 0.6) is 5.75 Å². The van der Waals surface area contributed by atoms with E-state index in [2.05, 4.69) is 6.92 Å². The molecular weight excluding hydrogens is 340 g/mol. The second-order valence-electron chi connectivity index (χ2n) is 6.69. The molecule has 1 heterocycles. The number of ether oxygens (including phenoxy) is 1. The van der Waals surface area contributed by atoms with Crippen molar-refractivity contribution in [1.82, 2.24) is 0 Å². The summed E-state index contributed by atoms with van der Waals surface area (Å²) < 4.78 is 10.5. The summed E-state index contributed by atoms with van der Waals surface area (Å²) in [6.07, 6.45) is 5.85. The summed E-state index contributed by atoms with van der Waals surface area (Å²) in [6, 6.07) is 14.3. The van der Waals surface area contributed by atoms with E-state index in [1.807, 2.05) is 12.1 Å². The monoisotopic (exact) mass is 364 g/mol. The lowest BCUT2D eigenvalue weighted by Gasteiger charge is -2.05. The van der Waals surface area contributed by atoms with Crippen LogP contribution in [0, 0.1) is 0 Å². The molecule has 4 heteroatoms. The minimum absolute atomic E-state index is 0.0448. The number of ketones is 1. The first-order chi connectivity index (χ1) is 13.1. The Labute approximate surface area is 158 Å². The van der Waals surface area contributed by atoms with Crippen molar-refractivity contribution < 1.29 is 13.9 Å². The van der Waals surface area contributed by atoms with Crippen LogP contribution in [-0.2, 0) is 6.42 Å². The lowest BCUT2D eigenvalue weighted by molar-refractivity contribution is 0.103. The van der Waals surface area contributed by atoms with Crippen LogP contribution in [0.2, 0.25) is 0 Å². The van der Waals surface area contributed by atoms with Crippen LogP contribution in [0.3, 0.4) is 0 Å². The van der Waals surface area contributed by atoms with Crippen molar-refractivity contribution in [3.8, 4) is 5.75 Å². The zero-order valence-electron chi connectivity index (χ0n) is 15.8. The number of benzene rings is 2. The van der Waals surface area contributed by atoms with E-state index in [0.29, 0.717) is 22.3 Å². The molecule has 3 rings (SSSR count). The fraction of sp³-hybridized carbons (Fsp3) is 0.304. The quantitative estimate of drug-likeness (QED) is 0.315. The molecule has 0 atom stereocenters. The van der Waals surface area contributed by atoms with Crippen molar-refractivity contribution in [1.29, 1.82) is 0 Å². The van der Waals surface area contributed by atoms with Gasteiger partial charge in [-0.15, -0.1) is 0 Å². The zero-order chi connectivity index (χ0) is 19.2. The molecule has 27 heavy (non-hydrogen) atoms. The van der Waals surface area contributed by atoms with Gasteiger partial charge in [0.05, 0.1) is 7.11 Å². The molecule has 3 aromatic rings. The number of hydrogen-bond acceptors (Lipinski definition) is 4. The second kappa shape index (κ2) is 8.67. The highest BCUT2D eigenvalue weighted by molar-refractivity contribution is 6.09. The second-order valence-corrected chi connectivity index (χ2v) is 6.69. The van der Waals surface area contributed by atoms with Gasteiger partial charge >= 0.3 is 5.63 Å². The summed E-state index contributed by atoms with van der Waals surface area (Å²) in [5, 5.41) is 0.686. The van der Waals surface area contributed by atoms with E-state index in [9.17, 15) is 9.59 Å². The maximum absolute atomic E-state index is 12.8. The van der Waals surface area contributed by atoms with E-state index < -0.39 is 5.63 Å². The topological polar surface area (TPSA) is 56.5 Å². The molecule has 0 fully saturated rings. The van der Waals surface area contributed by atoms with Gasteiger partial charge in [0, 0.05) is 17.0 Å². The maximum atomic E-state index is 12.8. The lowest BCUT2D eigenvalue weighted by atomic mass is 10.00. The first kappa shape index (κ1) is 18.9. The van der Waals surface area contributed by atoms with E-state index in [1.165, 1.54) is 24.8 Å². The number of fused-ring (bicyclic) bond motifs is 1. The third kappa shape index (κ3) is 4.45. The predicted octanol–water partition coefficient (Wildman–Crippen LogP) is 5.16. The molecule has 0 saturated carbocycles. The van der Waals surface area contributed by atoms with Gasteiger partial charge in [-0.2, -0.15) is 0 Å². The van der Waals surface area contributed by atoms with E-state index in [1.54, 1.807) is 43.5 Å². The number of aryl methyl sites for hydroxylation is 1. The number of carbonyl (C=O) groups is 1. The fourth-order valence-electron chi connectivity index (χ4n) is 3.11. The average Bonchev–Trinajstić information content (AvgIpc) is 2.70. The molecule has 0 radical (unpaired) electrons. The van der Waals surface area contributed by atoms with Crippen LogP contribution in [0.4, 0.5) is 0 Å². The number of methoxy groups -OCH3 is 1. The van der Waals surface area contributed by atoms with Crippen molar-refractivity contribution in [2.45, 2.75) is 39.0 Å². The molecule has 0 aliphatic heterocycles. The molecule has 0 spiro atoms. The van der Waals surface area contributed by atoms with Gasteiger partial charge in [0.25, 0.3) is 0 Å². The van der Waals surface area contributed by atoms with E-state index in [4.69, 9.17) is 9.15 Å². The Kier molecular flexibility index (Phi) is 6.07. The maximum Gasteiger partial charge on any atom is 0.347 e. The van der Waals surface area contributed by atoms with Gasteiger partial charge in [-0.05, 0) is 36.6 Å². The van der Waals surface area contributed by atoms with Crippen molar-refractivity contribution in [3.05, 3.63) is 75.6 Å². The first-order valence-electron chi connectivity index (χ1n) is 9.38. The third-order valence-electron chi connectivity index (χ3n) is 4.72. The highest BCUT2D eigenvalue weighted by Crippen LogP contribution is 2.21. The lowest BCUT2D eigenvalue weighted by Crippen LogP contribution is -2.14. The Morgan fingerprint density at radius 3 is 2.48 bits per heavy atom. The standard InChI is InChI=1S/C23H24O4/c1-3-4-5-6-7-16-8-10-17(11-9-16)22(24)20-14-18-12-13-19(26-2)15-21(18)27-23(20)25/h8-15H,3-7H2,1-2H3. The van der Waals surface area contributed by atoms with Crippen molar-refractivity contribution in [2.24, 2.45) is 0 Å². The van der Waals surface area contributed by atoms with Crippen LogP contribution < -0.4 is 10.4 Å². The van der Waals surface area contributed by atoms with Gasteiger partial charge in [-0.25, -0.2) is 4.79 Å². The summed E-state index contributed by atoms with van der Waals surface area (Å²) in [4.78, 5) is 25.0. The Hall–Kier alpha value is -2.88. The normalized spacial score (nSPS) is 10.9. The fourth-order valence-corrected chi connectivity index (χ4v) is 3.11. The number of unbranched alkanes of at least 4 members (excludes halogenated alkanes) is 3. The van der Waals surface area contributed by atoms with Crippen LogP contribution in [-0.4, -0.2) is 12.9 Å². The van der Waals surface area contributed by atoms with Gasteiger partial charge in [-0.1, -0.05) is 50.5 Å². The van der Waals surface area contributed by atoms with Gasteiger partial charge in [0.2, 0.25) is 0 Å². The summed E-state index contributed by atoms with van der Waals surface area (Å²) in [5.41, 5.74) is 1.51. The predicted molar refractivity (Wildman–Crippen MR) is 107 cm³/mol. The van der Waals surface area contributed by atoms with Crippen LogP contribution in [0.25, 0.3) is 11.0 Å². The van der Waals surface area contributed by atoms with E-state index >= 15 is 0 Å². The molecule has 0 saturated heterocycles. The molecular formula is C23H24O4.